The number of anilines is 2. The third kappa shape index (κ3) is 6.03. The molecule has 0 N–H and O–H groups in total. The molecule has 2 aliphatic rings. The van der Waals surface area contributed by atoms with Gasteiger partial charge in [0.15, 0.2) is 0 Å². The summed E-state index contributed by atoms with van der Waals surface area (Å²) in [5.74, 6) is 0.967. The van der Waals surface area contributed by atoms with Crippen LogP contribution in [0.3, 0.4) is 0 Å². The Hall–Kier alpha value is -2.54. The van der Waals surface area contributed by atoms with Crippen molar-refractivity contribution in [1.82, 2.24) is 4.98 Å². The lowest BCUT2D eigenvalue weighted by atomic mass is 9.93. The molecule has 1 aliphatic carbocycles. The molecular formula is C25H36FN5O. The first kappa shape index (κ1) is 24.1. The lowest BCUT2D eigenvalue weighted by Crippen LogP contribution is -2.42. The smallest absolute Gasteiger partial charge is 0.128 e. The van der Waals surface area contributed by atoms with Gasteiger partial charge in [-0.2, -0.15) is 5.10 Å². The number of hydrogen-bond donors (Lipinski definition) is 0. The molecule has 2 fully saturated rings. The Morgan fingerprint density at radius 2 is 2.03 bits per heavy atom. The number of piperidine rings is 1. The van der Waals surface area contributed by atoms with E-state index >= 15 is 0 Å². The number of hydrogen-bond acceptors (Lipinski definition) is 6. The van der Waals surface area contributed by atoms with E-state index in [-0.39, 0.29) is 12.2 Å². The predicted octanol–water partition coefficient (Wildman–Crippen LogP) is 5.32. The zero-order valence-electron chi connectivity index (χ0n) is 19.8. The maximum atomic E-state index is 13.0. The molecule has 1 saturated heterocycles. The highest BCUT2D eigenvalue weighted by molar-refractivity contribution is 6.03. The minimum absolute atomic E-state index is 0.122. The second-order valence-electron chi connectivity index (χ2n) is 8.47. The Morgan fingerprint density at radius 3 is 2.56 bits per heavy atom. The predicted molar refractivity (Wildman–Crippen MR) is 132 cm³/mol. The van der Waals surface area contributed by atoms with E-state index in [1.807, 2.05) is 50.3 Å². The number of hydrazone groups is 1. The molecule has 32 heavy (non-hydrogen) atoms. The average molecular weight is 442 g/mol. The number of rotatable bonds is 9. The van der Waals surface area contributed by atoms with Gasteiger partial charge in [0.05, 0.1) is 29.8 Å². The van der Waals surface area contributed by atoms with E-state index in [0.29, 0.717) is 12.8 Å². The van der Waals surface area contributed by atoms with Crippen molar-refractivity contribution >= 4 is 23.9 Å². The van der Waals surface area contributed by atoms with Gasteiger partial charge in [-0.05, 0) is 52.0 Å². The van der Waals surface area contributed by atoms with Crippen LogP contribution in [0.4, 0.5) is 15.9 Å². The van der Waals surface area contributed by atoms with Crippen molar-refractivity contribution in [3.8, 4) is 0 Å². The largest absolute Gasteiger partial charge is 0.375 e. The van der Waals surface area contributed by atoms with Gasteiger partial charge in [-0.3, -0.25) is 10.0 Å². The fourth-order valence-electron chi connectivity index (χ4n) is 4.09. The van der Waals surface area contributed by atoms with Gasteiger partial charge in [0.2, 0.25) is 0 Å². The Morgan fingerprint density at radius 1 is 1.31 bits per heavy atom. The fourth-order valence-corrected chi connectivity index (χ4v) is 4.09. The van der Waals surface area contributed by atoms with E-state index in [0.717, 1.165) is 60.8 Å². The first-order valence-electron chi connectivity index (χ1n) is 11.6. The van der Waals surface area contributed by atoms with Crippen molar-refractivity contribution in [2.45, 2.75) is 71.3 Å². The van der Waals surface area contributed by atoms with Crippen molar-refractivity contribution in [2.75, 3.05) is 30.0 Å². The molecule has 0 unspecified atom stereocenters. The summed E-state index contributed by atoms with van der Waals surface area (Å²) in [6.45, 7) is 11.5. The molecule has 1 aromatic heterocycles. The maximum Gasteiger partial charge on any atom is 0.128 e. The molecule has 6 nitrogen and oxygen atoms in total. The summed E-state index contributed by atoms with van der Waals surface area (Å²) in [6, 6.07) is 4.10. The van der Waals surface area contributed by atoms with Crippen LogP contribution in [-0.4, -0.2) is 55.9 Å². The zero-order valence-corrected chi connectivity index (χ0v) is 19.8. The number of aromatic nitrogens is 1. The van der Waals surface area contributed by atoms with Gasteiger partial charge in [0, 0.05) is 44.2 Å². The van der Waals surface area contributed by atoms with Crippen molar-refractivity contribution < 1.29 is 9.13 Å². The van der Waals surface area contributed by atoms with Gasteiger partial charge in [-0.1, -0.05) is 19.1 Å². The maximum absolute atomic E-state index is 13.0. The van der Waals surface area contributed by atoms with Crippen LogP contribution in [0.15, 0.2) is 51.8 Å². The standard InChI is InChI=1S/C25H36FN5O/c1-6-8-23(18(3)27-4)24(7-2)29-30(5)20-9-10-25(28-17-20)31-13-11-21(12-14-31)32-22-15-19(26)16-22/h6,8-10,17,19,21-22H,4,7,11-16H2,1-3,5H3/b8-6-,23-18+,29-24+. The Labute approximate surface area is 191 Å². The Balaban J connectivity index is 1.61. The molecule has 0 bridgehead atoms. The van der Waals surface area contributed by atoms with Crippen LogP contribution in [0.1, 0.15) is 52.9 Å². The number of pyridine rings is 1. The first-order valence-corrected chi connectivity index (χ1v) is 11.6. The van der Waals surface area contributed by atoms with Gasteiger partial charge >= 0.3 is 0 Å². The lowest BCUT2D eigenvalue weighted by molar-refractivity contribution is -0.0884. The summed E-state index contributed by atoms with van der Waals surface area (Å²) in [5.41, 5.74) is 3.73. The highest BCUT2D eigenvalue weighted by Gasteiger charge is 2.33. The summed E-state index contributed by atoms with van der Waals surface area (Å²) < 4.78 is 19.0. The minimum Gasteiger partial charge on any atom is -0.375 e. The van der Waals surface area contributed by atoms with Gasteiger partial charge in [0.1, 0.15) is 12.0 Å². The molecule has 1 aliphatic heterocycles. The quantitative estimate of drug-likeness (QED) is 0.296. The number of ether oxygens (including phenoxy) is 1. The normalized spacial score (nSPS) is 23.2. The van der Waals surface area contributed by atoms with Crippen molar-refractivity contribution in [3.63, 3.8) is 0 Å². The number of alkyl halides is 1. The summed E-state index contributed by atoms with van der Waals surface area (Å²) >= 11 is 0. The van der Waals surface area contributed by atoms with E-state index in [2.05, 4.69) is 34.6 Å². The molecule has 174 valence electrons. The van der Waals surface area contributed by atoms with Crippen LogP contribution in [0, 0.1) is 0 Å². The van der Waals surface area contributed by atoms with Crippen molar-refractivity contribution in [3.05, 3.63) is 41.8 Å². The molecular weight excluding hydrogens is 405 g/mol. The summed E-state index contributed by atoms with van der Waals surface area (Å²) in [6.07, 6.45) is 9.40. The highest BCUT2D eigenvalue weighted by atomic mass is 19.1. The van der Waals surface area contributed by atoms with Crippen LogP contribution in [0.5, 0.6) is 0 Å². The molecule has 1 aromatic rings. The van der Waals surface area contributed by atoms with E-state index in [9.17, 15) is 4.39 Å². The molecule has 0 atom stereocenters. The molecule has 0 spiro atoms. The monoisotopic (exact) mass is 441 g/mol. The van der Waals surface area contributed by atoms with Gasteiger partial charge < -0.3 is 9.64 Å². The lowest BCUT2D eigenvalue weighted by Gasteiger charge is -2.38. The molecule has 7 heteroatoms. The molecule has 0 aromatic carbocycles. The average Bonchev–Trinajstić information content (AvgIpc) is 2.80. The summed E-state index contributed by atoms with van der Waals surface area (Å²) in [4.78, 5) is 11.1. The Bertz CT molecular complexity index is 850. The molecule has 0 amide bonds. The SMILES string of the molecule is C=N/C(C)=C(\C=C/C)C(/CC)=N/N(C)c1ccc(N2CCC(OC3CC(F)C3)CC2)nc1. The second kappa shape index (κ2) is 11.4. The van der Waals surface area contributed by atoms with Crippen LogP contribution < -0.4 is 9.91 Å². The van der Waals surface area contributed by atoms with Crippen molar-refractivity contribution in [2.24, 2.45) is 10.1 Å². The molecule has 2 heterocycles. The van der Waals surface area contributed by atoms with Crippen LogP contribution in [0.2, 0.25) is 0 Å². The van der Waals surface area contributed by atoms with Gasteiger partial charge in [-0.15, -0.1) is 0 Å². The topological polar surface area (TPSA) is 53.3 Å². The van der Waals surface area contributed by atoms with Crippen LogP contribution >= 0.6 is 0 Å². The van der Waals surface area contributed by atoms with Crippen molar-refractivity contribution in [1.29, 1.82) is 0 Å². The number of allylic oxidation sites excluding steroid dienone is 4. The number of aliphatic imine (C=N–C) groups is 1. The van der Waals surface area contributed by atoms with Gasteiger partial charge in [-0.25, -0.2) is 9.37 Å². The summed E-state index contributed by atoms with van der Waals surface area (Å²) in [5, 5.41) is 6.66. The van der Waals surface area contributed by atoms with Gasteiger partial charge in [0.25, 0.3) is 0 Å². The molecule has 0 radical (unpaired) electrons. The fraction of sp³-hybridized carbons (Fsp3) is 0.560. The summed E-state index contributed by atoms with van der Waals surface area (Å²) in [7, 11) is 1.93. The van der Waals surface area contributed by atoms with Crippen LogP contribution in [-0.2, 0) is 4.74 Å². The number of halogens is 1. The molecule has 1 saturated carbocycles. The van der Waals surface area contributed by atoms with E-state index in [1.54, 1.807) is 0 Å². The van der Waals surface area contributed by atoms with E-state index < -0.39 is 6.17 Å². The zero-order chi connectivity index (χ0) is 23.1. The minimum atomic E-state index is -0.660. The molecule has 3 rings (SSSR count). The van der Waals surface area contributed by atoms with Crippen LogP contribution in [0.25, 0.3) is 0 Å². The highest BCUT2D eigenvalue weighted by Crippen LogP contribution is 2.30. The number of nitrogens with zero attached hydrogens (tertiary/aromatic N) is 5. The third-order valence-corrected chi connectivity index (χ3v) is 6.17. The third-order valence-electron chi connectivity index (χ3n) is 6.17. The second-order valence-corrected chi connectivity index (χ2v) is 8.47. The van der Waals surface area contributed by atoms with E-state index in [4.69, 9.17) is 9.84 Å². The van der Waals surface area contributed by atoms with E-state index in [1.165, 1.54) is 0 Å². The first-order chi connectivity index (χ1) is 15.4. The Kier molecular flexibility index (Phi) is 8.56.